The second-order valence-corrected chi connectivity index (χ2v) is 4.43. The Morgan fingerprint density at radius 3 is 2.36 bits per heavy atom. The minimum Gasteiger partial charge on any atom is -0.493 e. The van der Waals surface area contributed by atoms with Crippen molar-refractivity contribution in [2.24, 2.45) is 0 Å². The molecule has 0 saturated carbocycles. The van der Waals surface area contributed by atoms with Gasteiger partial charge in [0.05, 0.1) is 13.2 Å². The molecule has 0 bridgehead atoms. The van der Waals surface area contributed by atoms with Crippen LogP contribution in [0.3, 0.4) is 0 Å². The van der Waals surface area contributed by atoms with Crippen molar-refractivity contribution in [3.63, 3.8) is 0 Å². The molecule has 0 aromatic heterocycles. The summed E-state index contributed by atoms with van der Waals surface area (Å²) in [4.78, 5) is 24.0. The molecule has 6 heteroatoms. The maximum Gasteiger partial charge on any atom is 0.379 e. The number of hydrogen-bond donors (Lipinski definition) is 0. The quantitative estimate of drug-likeness (QED) is 0.217. The van der Waals surface area contributed by atoms with Crippen molar-refractivity contribution in [2.45, 2.75) is 26.7 Å². The van der Waals surface area contributed by atoms with E-state index >= 15 is 0 Å². The SMILES string of the molecule is CCCCOc1cccc(OCOC)c1C(=O)C(=O)OCC. The van der Waals surface area contributed by atoms with Crippen molar-refractivity contribution in [1.29, 1.82) is 0 Å². The summed E-state index contributed by atoms with van der Waals surface area (Å²) >= 11 is 0. The molecule has 6 nitrogen and oxygen atoms in total. The normalized spacial score (nSPS) is 10.1. The number of hydrogen-bond acceptors (Lipinski definition) is 6. The van der Waals surface area contributed by atoms with Crippen molar-refractivity contribution in [3.05, 3.63) is 23.8 Å². The summed E-state index contributed by atoms with van der Waals surface area (Å²) in [5.41, 5.74) is 0.0640. The predicted octanol–water partition coefficient (Wildman–Crippen LogP) is 2.59. The Morgan fingerprint density at radius 1 is 1.09 bits per heavy atom. The number of carbonyl (C=O) groups excluding carboxylic acids is 2. The largest absolute Gasteiger partial charge is 0.493 e. The van der Waals surface area contributed by atoms with Crippen LogP contribution < -0.4 is 9.47 Å². The number of methoxy groups -OCH3 is 1. The molecule has 0 fully saturated rings. The summed E-state index contributed by atoms with van der Waals surface area (Å²) in [6.45, 7) is 4.20. The van der Waals surface area contributed by atoms with Gasteiger partial charge >= 0.3 is 5.97 Å². The van der Waals surface area contributed by atoms with E-state index in [-0.39, 0.29) is 24.7 Å². The summed E-state index contributed by atoms with van der Waals surface area (Å²) in [6.07, 6.45) is 1.80. The van der Waals surface area contributed by atoms with Crippen LogP contribution in [-0.4, -0.2) is 38.9 Å². The first-order chi connectivity index (χ1) is 10.7. The van der Waals surface area contributed by atoms with Gasteiger partial charge in [-0.2, -0.15) is 0 Å². The first kappa shape index (κ1) is 18.0. The van der Waals surface area contributed by atoms with Gasteiger partial charge in [0.1, 0.15) is 17.1 Å². The van der Waals surface area contributed by atoms with Gasteiger partial charge in [-0.15, -0.1) is 0 Å². The number of unbranched alkanes of at least 4 members (excludes halogenated alkanes) is 1. The van der Waals surface area contributed by atoms with Gasteiger partial charge in [0.15, 0.2) is 6.79 Å². The lowest BCUT2D eigenvalue weighted by molar-refractivity contribution is -0.137. The van der Waals surface area contributed by atoms with E-state index in [9.17, 15) is 9.59 Å². The van der Waals surface area contributed by atoms with E-state index in [1.165, 1.54) is 7.11 Å². The van der Waals surface area contributed by atoms with Crippen LogP contribution in [0, 0.1) is 0 Å². The van der Waals surface area contributed by atoms with E-state index in [0.29, 0.717) is 12.4 Å². The second-order valence-electron chi connectivity index (χ2n) is 4.43. The molecule has 0 heterocycles. The molecule has 0 aliphatic carbocycles. The number of carbonyl (C=O) groups is 2. The summed E-state index contributed by atoms with van der Waals surface area (Å²) < 4.78 is 20.6. The molecule has 0 aliphatic heterocycles. The van der Waals surface area contributed by atoms with E-state index in [1.54, 1.807) is 25.1 Å². The number of benzene rings is 1. The van der Waals surface area contributed by atoms with E-state index in [4.69, 9.17) is 18.9 Å². The monoisotopic (exact) mass is 310 g/mol. The van der Waals surface area contributed by atoms with Crippen LogP contribution in [0.5, 0.6) is 11.5 Å². The number of Topliss-reactive ketones (excluding diaryl/α,β-unsaturated/α-hetero) is 1. The van der Waals surface area contributed by atoms with Gasteiger partial charge in [-0.1, -0.05) is 19.4 Å². The number of ketones is 1. The van der Waals surface area contributed by atoms with Crippen LogP contribution in [0.2, 0.25) is 0 Å². The van der Waals surface area contributed by atoms with Crippen molar-refractivity contribution in [2.75, 3.05) is 27.1 Å². The van der Waals surface area contributed by atoms with E-state index < -0.39 is 11.8 Å². The van der Waals surface area contributed by atoms with Crippen molar-refractivity contribution in [3.8, 4) is 11.5 Å². The Balaban J connectivity index is 3.09. The fraction of sp³-hybridized carbons (Fsp3) is 0.500. The first-order valence-electron chi connectivity index (χ1n) is 7.24. The molecule has 1 aromatic rings. The van der Waals surface area contributed by atoms with Crippen LogP contribution in [0.4, 0.5) is 0 Å². The fourth-order valence-corrected chi connectivity index (χ4v) is 1.72. The number of rotatable bonds is 10. The third-order valence-corrected chi connectivity index (χ3v) is 2.76. The fourth-order valence-electron chi connectivity index (χ4n) is 1.72. The van der Waals surface area contributed by atoms with E-state index in [2.05, 4.69) is 0 Å². The summed E-state index contributed by atoms with van der Waals surface area (Å²) in [5.74, 6) is -1.19. The van der Waals surface area contributed by atoms with Crippen molar-refractivity contribution < 1.29 is 28.5 Å². The van der Waals surface area contributed by atoms with Crippen LogP contribution in [0.15, 0.2) is 18.2 Å². The van der Waals surface area contributed by atoms with E-state index in [1.807, 2.05) is 6.92 Å². The average Bonchev–Trinajstić information content (AvgIpc) is 2.52. The molecule has 0 aliphatic rings. The Kier molecular flexibility index (Phi) is 7.99. The van der Waals surface area contributed by atoms with Gasteiger partial charge in [-0.25, -0.2) is 4.79 Å². The van der Waals surface area contributed by atoms with Gasteiger partial charge in [0.2, 0.25) is 0 Å². The summed E-state index contributed by atoms with van der Waals surface area (Å²) in [7, 11) is 1.47. The molecule has 0 radical (unpaired) electrons. The molecule has 0 unspecified atom stereocenters. The van der Waals surface area contributed by atoms with Crippen LogP contribution in [0.1, 0.15) is 37.0 Å². The molecular weight excluding hydrogens is 288 g/mol. The molecule has 22 heavy (non-hydrogen) atoms. The van der Waals surface area contributed by atoms with Gasteiger partial charge in [-0.05, 0) is 25.5 Å². The predicted molar refractivity (Wildman–Crippen MR) is 80.3 cm³/mol. The Morgan fingerprint density at radius 2 is 1.77 bits per heavy atom. The number of ether oxygens (including phenoxy) is 4. The maximum atomic E-state index is 12.3. The molecule has 0 atom stereocenters. The zero-order valence-corrected chi connectivity index (χ0v) is 13.2. The summed E-state index contributed by atoms with van der Waals surface area (Å²) in [6, 6.07) is 4.90. The maximum absolute atomic E-state index is 12.3. The lowest BCUT2D eigenvalue weighted by atomic mass is 10.1. The van der Waals surface area contributed by atoms with Gasteiger partial charge in [-0.3, -0.25) is 4.79 Å². The van der Waals surface area contributed by atoms with Crippen molar-refractivity contribution in [1.82, 2.24) is 0 Å². The van der Waals surface area contributed by atoms with Crippen molar-refractivity contribution >= 4 is 11.8 Å². The molecular formula is C16H22O6. The molecule has 0 spiro atoms. The standard InChI is InChI=1S/C16H22O6/c1-4-6-10-21-12-8-7-9-13(22-11-19-3)14(12)15(17)16(18)20-5-2/h7-9H,4-6,10-11H2,1-3H3. The Bertz CT molecular complexity index is 497. The lowest BCUT2D eigenvalue weighted by Gasteiger charge is -2.14. The lowest BCUT2D eigenvalue weighted by Crippen LogP contribution is -2.20. The highest BCUT2D eigenvalue weighted by Crippen LogP contribution is 2.29. The molecule has 1 aromatic carbocycles. The van der Waals surface area contributed by atoms with Crippen LogP contribution in [-0.2, 0) is 14.3 Å². The highest BCUT2D eigenvalue weighted by Gasteiger charge is 2.26. The molecule has 0 saturated heterocycles. The minimum absolute atomic E-state index is 0.0402. The zero-order valence-electron chi connectivity index (χ0n) is 13.2. The Labute approximate surface area is 130 Å². The molecule has 0 N–H and O–H groups in total. The third-order valence-electron chi connectivity index (χ3n) is 2.76. The zero-order chi connectivity index (χ0) is 16.4. The average molecular weight is 310 g/mol. The molecule has 1 rings (SSSR count). The van der Waals surface area contributed by atoms with E-state index in [0.717, 1.165) is 12.8 Å². The molecule has 0 amide bonds. The smallest absolute Gasteiger partial charge is 0.379 e. The van der Waals surface area contributed by atoms with Gasteiger partial charge in [0, 0.05) is 7.11 Å². The summed E-state index contributed by atoms with van der Waals surface area (Å²) in [5, 5.41) is 0. The van der Waals surface area contributed by atoms with Gasteiger partial charge in [0.25, 0.3) is 5.78 Å². The second kappa shape index (κ2) is 9.78. The molecule has 122 valence electrons. The van der Waals surface area contributed by atoms with Crippen LogP contribution >= 0.6 is 0 Å². The number of esters is 1. The van der Waals surface area contributed by atoms with Crippen LogP contribution in [0.25, 0.3) is 0 Å². The first-order valence-corrected chi connectivity index (χ1v) is 7.24. The third kappa shape index (κ3) is 5.04. The Hall–Kier alpha value is -2.08. The minimum atomic E-state index is -0.934. The van der Waals surface area contributed by atoms with Gasteiger partial charge < -0.3 is 18.9 Å². The highest BCUT2D eigenvalue weighted by molar-refractivity contribution is 6.42. The topological polar surface area (TPSA) is 71.1 Å². The highest BCUT2D eigenvalue weighted by atomic mass is 16.7.